The fourth-order valence-corrected chi connectivity index (χ4v) is 4.83. The summed E-state index contributed by atoms with van der Waals surface area (Å²) in [7, 11) is 0. The molecule has 1 unspecified atom stereocenters. The number of aromatic hydroxyl groups is 1. The predicted octanol–water partition coefficient (Wildman–Crippen LogP) is 5.45. The summed E-state index contributed by atoms with van der Waals surface area (Å²) >= 11 is 1.56. The van der Waals surface area contributed by atoms with Crippen LogP contribution in [0, 0.1) is 0 Å². The molecule has 1 atom stereocenters. The zero-order valence-electron chi connectivity index (χ0n) is 17.7. The Labute approximate surface area is 194 Å². The van der Waals surface area contributed by atoms with Crippen molar-refractivity contribution in [3.05, 3.63) is 111 Å². The first-order chi connectivity index (χ1) is 16.0. The molecule has 5 rings (SSSR count). The fourth-order valence-electron chi connectivity index (χ4n) is 4.43. The third-order valence-corrected chi connectivity index (χ3v) is 6.77. The maximum Gasteiger partial charge on any atom is 0.344 e. The Balaban J connectivity index is 1.83. The second kappa shape index (κ2) is 8.30. The molecule has 0 bridgehead atoms. The lowest BCUT2D eigenvalue weighted by molar-refractivity contribution is -0.115. The number of hydrogen-bond acceptors (Lipinski definition) is 6. The summed E-state index contributed by atoms with van der Waals surface area (Å²) in [5, 5.41) is 22.8. The van der Waals surface area contributed by atoms with Crippen LogP contribution in [0.4, 0.5) is 0 Å². The number of rotatable bonds is 4. The number of ketones is 1. The van der Waals surface area contributed by atoms with Gasteiger partial charge in [-0.05, 0) is 41.6 Å². The van der Waals surface area contributed by atoms with E-state index in [1.807, 2.05) is 24.5 Å². The minimum Gasteiger partial charge on any atom is -0.507 e. The normalized spacial score (nSPS) is 14.4. The van der Waals surface area contributed by atoms with Gasteiger partial charge < -0.3 is 14.6 Å². The van der Waals surface area contributed by atoms with Gasteiger partial charge >= 0.3 is 5.63 Å². The number of para-hydroxylation sites is 1. The molecule has 0 saturated heterocycles. The van der Waals surface area contributed by atoms with Crippen molar-refractivity contribution in [3.8, 4) is 5.75 Å². The number of hydrogen-bond donors (Lipinski definition) is 2. The Morgan fingerprint density at radius 2 is 1.61 bits per heavy atom. The summed E-state index contributed by atoms with van der Waals surface area (Å²) in [6.07, 6.45) is 2.04. The third-order valence-electron chi connectivity index (χ3n) is 6.03. The van der Waals surface area contributed by atoms with Gasteiger partial charge in [-0.25, -0.2) is 4.79 Å². The average molecular weight is 457 g/mol. The van der Waals surface area contributed by atoms with E-state index in [1.54, 1.807) is 66.4 Å². The lowest BCUT2D eigenvalue weighted by atomic mass is 9.77. The Morgan fingerprint density at radius 3 is 2.36 bits per heavy atom. The van der Waals surface area contributed by atoms with Gasteiger partial charge in [0.05, 0.1) is 22.4 Å². The van der Waals surface area contributed by atoms with E-state index in [4.69, 9.17) is 4.42 Å². The summed E-state index contributed by atoms with van der Waals surface area (Å²) in [5.74, 6) is -1.75. The van der Waals surface area contributed by atoms with Gasteiger partial charge in [-0.2, -0.15) is 0 Å². The van der Waals surface area contributed by atoms with E-state index in [1.165, 1.54) is 0 Å². The fraction of sp³-hybridized carbons (Fsp3) is 0.111. The van der Waals surface area contributed by atoms with Gasteiger partial charge in [-0.3, -0.25) is 4.79 Å². The number of aliphatic hydroxyl groups is 1. The molecule has 1 heterocycles. The van der Waals surface area contributed by atoms with Gasteiger partial charge in [-0.15, -0.1) is 11.8 Å². The van der Waals surface area contributed by atoms with Gasteiger partial charge in [0, 0.05) is 16.9 Å². The van der Waals surface area contributed by atoms with Crippen LogP contribution in [-0.2, 0) is 11.2 Å². The van der Waals surface area contributed by atoms with Crippen molar-refractivity contribution in [2.45, 2.75) is 17.2 Å². The van der Waals surface area contributed by atoms with Crippen LogP contribution in [0.1, 0.15) is 28.2 Å². The van der Waals surface area contributed by atoms with Crippen LogP contribution in [-0.4, -0.2) is 22.3 Å². The minimum atomic E-state index is -0.998. The van der Waals surface area contributed by atoms with E-state index < -0.39 is 11.5 Å². The number of benzene rings is 3. The molecule has 1 aromatic heterocycles. The second-order valence-corrected chi connectivity index (χ2v) is 8.75. The van der Waals surface area contributed by atoms with Crippen LogP contribution in [0.25, 0.3) is 16.7 Å². The van der Waals surface area contributed by atoms with Gasteiger partial charge in [0.1, 0.15) is 17.1 Å². The van der Waals surface area contributed by atoms with E-state index in [0.717, 1.165) is 10.5 Å². The Kier molecular flexibility index (Phi) is 5.30. The number of fused-ring (bicyclic) bond motifs is 2. The Hall–Kier alpha value is -3.77. The molecule has 3 aromatic carbocycles. The van der Waals surface area contributed by atoms with Crippen LogP contribution in [0.15, 0.2) is 92.5 Å². The smallest absolute Gasteiger partial charge is 0.344 e. The molecule has 5 nitrogen and oxygen atoms in total. The molecule has 0 spiro atoms. The highest BCUT2D eigenvalue weighted by atomic mass is 32.2. The van der Waals surface area contributed by atoms with Crippen molar-refractivity contribution < 1.29 is 19.4 Å². The monoisotopic (exact) mass is 456 g/mol. The molecular weight excluding hydrogens is 436 g/mol. The van der Waals surface area contributed by atoms with E-state index in [-0.39, 0.29) is 40.4 Å². The van der Waals surface area contributed by atoms with Gasteiger partial charge in [0.15, 0.2) is 5.78 Å². The zero-order valence-corrected chi connectivity index (χ0v) is 18.6. The van der Waals surface area contributed by atoms with Crippen molar-refractivity contribution >= 4 is 34.3 Å². The quantitative estimate of drug-likeness (QED) is 0.314. The first kappa shape index (κ1) is 21.1. The van der Waals surface area contributed by atoms with E-state index >= 15 is 0 Å². The lowest BCUT2D eigenvalue weighted by Gasteiger charge is -2.26. The molecule has 0 saturated carbocycles. The lowest BCUT2D eigenvalue weighted by Crippen LogP contribution is -2.25. The standard InChI is InChI=1S/C27H20O5S/c1-33-17-12-10-15(11-13-17)22(23-20(28)14-16-6-2-3-7-18(16)25(23)29)24-26(30)19-8-4-5-9-21(19)32-27(24)31/h2-13,22,29-30H,14H2,1H3. The first-order valence-electron chi connectivity index (χ1n) is 10.4. The number of carbonyl (C=O) groups excluding carboxylic acids is 1. The number of Topliss-reactive ketones (excluding diaryl/α,β-unsaturated/α-hetero) is 1. The van der Waals surface area contributed by atoms with Crippen LogP contribution in [0.5, 0.6) is 5.75 Å². The van der Waals surface area contributed by atoms with E-state index in [0.29, 0.717) is 16.5 Å². The number of carbonyl (C=O) groups is 1. The second-order valence-electron chi connectivity index (χ2n) is 7.87. The predicted molar refractivity (Wildman–Crippen MR) is 129 cm³/mol. The largest absolute Gasteiger partial charge is 0.507 e. The summed E-state index contributed by atoms with van der Waals surface area (Å²) in [4.78, 5) is 27.5. The molecule has 0 radical (unpaired) electrons. The van der Waals surface area contributed by atoms with Crippen LogP contribution >= 0.6 is 11.8 Å². The van der Waals surface area contributed by atoms with Gasteiger partial charge in [-0.1, -0.05) is 48.5 Å². The number of allylic oxidation sites excluding steroid dienone is 1. The summed E-state index contributed by atoms with van der Waals surface area (Å²) in [6, 6.07) is 21.2. The van der Waals surface area contributed by atoms with E-state index in [9.17, 15) is 19.8 Å². The molecule has 6 heteroatoms. The maximum atomic E-state index is 13.3. The van der Waals surface area contributed by atoms with Crippen molar-refractivity contribution in [3.63, 3.8) is 0 Å². The molecule has 1 aliphatic carbocycles. The molecular formula is C27H20O5S. The third kappa shape index (κ3) is 3.52. The molecule has 1 aliphatic rings. The number of aliphatic hydroxyl groups excluding tert-OH is 1. The SMILES string of the molecule is CSc1ccc(C(C2=C(O)c3ccccc3CC2=O)c2c(O)c3ccccc3oc2=O)cc1. The highest BCUT2D eigenvalue weighted by Crippen LogP contribution is 2.43. The molecule has 164 valence electrons. The zero-order chi connectivity index (χ0) is 23.1. The van der Waals surface area contributed by atoms with Gasteiger partial charge in [0.25, 0.3) is 0 Å². The van der Waals surface area contributed by atoms with Crippen LogP contribution in [0.3, 0.4) is 0 Å². The minimum absolute atomic E-state index is 0.0696. The molecule has 0 fully saturated rings. The Bertz CT molecular complexity index is 1480. The van der Waals surface area contributed by atoms with Crippen LogP contribution in [0.2, 0.25) is 0 Å². The Morgan fingerprint density at radius 1 is 0.909 bits per heavy atom. The molecule has 2 N–H and O–H groups in total. The van der Waals surface area contributed by atoms with E-state index in [2.05, 4.69) is 0 Å². The van der Waals surface area contributed by atoms with Crippen molar-refractivity contribution in [1.29, 1.82) is 0 Å². The van der Waals surface area contributed by atoms with Crippen LogP contribution < -0.4 is 5.63 Å². The highest BCUT2D eigenvalue weighted by molar-refractivity contribution is 7.98. The molecule has 33 heavy (non-hydrogen) atoms. The molecule has 0 aliphatic heterocycles. The molecule has 4 aromatic rings. The van der Waals surface area contributed by atoms with Crippen molar-refractivity contribution in [1.82, 2.24) is 0 Å². The summed E-state index contributed by atoms with van der Waals surface area (Å²) in [5.41, 5.74) is 1.36. The molecule has 0 amide bonds. The number of thioether (sulfide) groups is 1. The summed E-state index contributed by atoms with van der Waals surface area (Å²) in [6.45, 7) is 0. The van der Waals surface area contributed by atoms with Crippen molar-refractivity contribution in [2.75, 3.05) is 6.26 Å². The first-order valence-corrected chi connectivity index (χ1v) is 11.7. The average Bonchev–Trinajstić information content (AvgIpc) is 2.83. The summed E-state index contributed by atoms with van der Waals surface area (Å²) < 4.78 is 5.52. The highest BCUT2D eigenvalue weighted by Gasteiger charge is 2.36. The van der Waals surface area contributed by atoms with Gasteiger partial charge in [0.2, 0.25) is 0 Å². The van der Waals surface area contributed by atoms with Crippen molar-refractivity contribution in [2.24, 2.45) is 0 Å². The maximum absolute atomic E-state index is 13.3. The topological polar surface area (TPSA) is 87.7 Å².